The first-order valence-corrected chi connectivity index (χ1v) is 6.52. The van der Waals surface area contributed by atoms with E-state index >= 15 is 0 Å². The molecule has 3 heteroatoms. The highest BCUT2D eigenvalue weighted by atomic mass is 35.5. The summed E-state index contributed by atoms with van der Waals surface area (Å²) in [5.74, 6) is 1.17. The van der Waals surface area contributed by atoms with Crippen molar-refractivity contribution < 1.29 is 4.74 Å². The molecule has 1 aliphatic rings. The minimum Gasteiger partial charge on any atom is -0.495 e. The highest BCUT2D eigenvalue weighted by Crippen LogP contribution is 2.44. The zero-order chi connectivity index (χ0) is 12.6. The zero-order valence-electron chi connectivity index (χ0n) is 10.7. The summed E-state index contributed by atoms with van der Waals surface area (Å²) in [4.78, 5) is 0. The Hall–Kier alpha value is -0.730. The van der Waals surface area contributed by atoms with Crippen LogP contribution in [0.15, 0.2) is 12.1 Å². The SMILES string of the molecule is COc1cc(C(C)C)c(C2(N)CCC2)cc1Cl. The van der Waals surface area contributed by atoms with Crippen molar-refractivity contribution in [1.29, 1.82) is 0 Å². The van der Waals surface area contributed by atoms with Gasteiger partial charge in [0.1, 0.15) is 5.75 Å². The quantitative estimate of drug-likeness (QED) is 0.889. The van der Waals surface area contributed by atoms with Crippen LogP contribution in [0.2, 0.25) is 5.02 Å². The smallest absolute Gasteiger partial charge is 0.137 e. The third-order valence-corrected chi connectivity index (χ3v) is 4.02. The van der Waals surface area contributed by atoms with Crippen LogP contribution in [-0.2, 0) is 5.54 Å². The van der Waals surface area contributed by atoms with Gasteiger partial charge in [-0.15, -0.1) is 0 Å². The first-order chi connectivity index (χ1) is 7.98. The number of halogens is 1. The van der Waals surface area contributed by atoms with Crippen molar-refractivity contribution in [1.82, 2.24) is 0 Å². The lowest BCUT2D eigenvalue weighted by Crippen LogP contribution is -2.44. The molecule has 0 spiro atoms. The average Bonchev–Trinajstić information content (AvgIpc) is 2.25. The first-order valence-electron chi connectivity index (χ1n) is 6.15. The summed E-state index contributed by atoms with van der Waals surface area (Å²) in [7, 11) is 1.65. The maximum Gasteiger partial charge on any atom is 0.137 e. The van der Waals surface area contributed by atoms with Crippen molar-refractivity contribution in [2.75, 3.05) is 7.11 Å². The molecule has 2 rings (SSSR count). The molecule has 1 aromatic carbocycles. The molecule has 0 atom stereocenters. The predicted octanol–water partition coefficient (Wildman–Crippen LogP) is 3.81. The minimum absolute atomic E-state index is 0.171. The third kappa shape index (κ3) is 2.16. The van der Waals surface area contributed by atoms with Crippen LogP contribution in [-0.4, -0.2) is 7.11 Å². The summed E-state index contributed by atoms with van der Waals surface area (Å²) in [6.45, 7) is 4.35. The normalized spacial score (nSPS) is 18.0. The highest BCUT2D eigenvalue weighted by molar-refractivity contribution is 6.32. The fourth-order valence-corrected chi connectivity index (χ4v) is 2.70. The fraction of sp³-hybridized carbons (Fsp3) is 0.571. The van der Waals surface area contributed by atoms with Crippen LogP contribution in [0.3, 0.4) is 0 Å². The van der Waals surface area contributed by atoms with Crippen LogP contribution in [0.1, 0.15) is 50.2 Å². The molecule has 0 bridgehead atoms. The molecule has 0 aromatic heterocycles. The number of benzene rings is 1. The van der Waals surface area contributed by atoms with Gasteiger partial charge in [0, 0.05) is 5.54 Å². The molecule has 0 saturated heterocycles. The minimum atomic E-state index is -0.171. The molecule has 0 aliphatic heterocycles. The molecule has 2 nitrogen and oxygen atoms in total. The summed E-state index contributed by atoms with van der Waals surface area (Å²) in [6.07, 6.45) is 3.31. The fourth-order valence-electron chi connectivity index (χ4n) is 2.46. The number of ether oxygens (including phenoxy) is 1. The van der Waals surface area contributed by atoms with Gasteiger partial charge in [-0.1, -0.05) is 25.4 Å². The second-order valence-electron chi connectivity index (χ2n) is 5.24. The van der Waals surface area contributed by atoms with Crippen LogP contribution < -0.4 is 10.5 Å². The molecule has 0 heterocycles. The van der Waals surface area contributed by atoms with E-state index in [-0.39, 0.29) is 5.54 Å². The molecule has 0 radical (unpaired) electrons. The number of hydrogen-bond acceptors (Lipinski definition) is 2. The van der Waals surface area contributed by atoms with Gasteiger partial charge in [0.15, 0.2) is 0 Å². The average molecular weight is 254 g/mol. The summed E-state index contributed by atoms with van der Waals surface area (Å²) in [6, 6.07) is 4.03. The van der Waals surface area contributed by atoms with Gasteiger partial charge in [-0.2, -0.15) is 0 Å². The van der Waals surface area contributed by atoms with E-state index < -0.39 is 0 Å². The van der Waals surface area contributed by atoms with E-state index in [1.807, 2.05) is 12.1 Å². The lowest BCUT2D eigenvalue weighted by atomic mass is 9.70. The van der Waals surface area contributed by atoms with Crippen molar-refractivity contribution in [2.45, 2.75) is 44.6 Å². The summed E-state index contributed by atoms with van der Waals surface area (Å²) < 4.78 is 5.28. The Labute approximate surface area is 108 Å². The Balaban J connectivity index is 2.53. The van der Waals surface area contributed by atoms with E-state index in [1.165, 1.54) is 17.5 Å². The van der Waals surface area contributed by atoms with Gasteiger partial charge < -0.3 is 10.5 Å². The summed E-state index contributed by atoms with van der Waals surface area (Å²) in [5.41, 5.74) is 8.71. The van der Waals surface area contributed by atoms with Crippen molar-refractivity contribution in [3.8, 4) is 5.75 Å². The van der Waals surface area contributed by atoms with Crippen LogP contribution in [0.4, 0.5) is 0 Å². The van der Waals surface area contributed by atoms with Crippen LogP contribution >= 0.6 is 11.6 Å². The Kier molecular flexibility index (Phi) is 3.37. The van der Waals surface area contributed by atoms with Crippen molar-refractivity contribution in [3.05, 3.63) is 28.3 Å². The van der Waals surface area contributed by atoms with Gasteiger partial charge in [0.2, 0.25) is 0 Å². The van der Waals surface area contributed by atoms with E-state index in [0.29, 0.717) is 10.9 Å². The van der Waals surface area contributed by atoms with Crippen LogP contribution in [0.5, 0.6) is 5.75 Å². The number of rotatable bonds is 3. The monoisotopic (exact) mass is 253 g/mol. The van der Waals surface area contributed by atoms with Gasteiger partial charge in [0.05, 0.1) is 12.1 Å². The second kappa shape index (κ2) is 4.51. The van der Waals surface area contributed by atoms with Gasteiger partial charge in [-0.05, 0) is 48.4 Å². The molecule has 0 amide bonds. The Morgan fingerprint density at radius 3 is 2.41 bits per heavy atom. The van der Waals surface area contributed by atoms with Crippen molar-refractivity contribution >= 4 is 11.6 Å². The standard InChI is InChI=1S/C14H20ClNO/c1-9(2)10-7-13(17-3)12(15)8-11(10)14(16)5-4-6-14/h7-9H,4-6,16H2,1-3H3. The zero-order valence-corrected chi connectivity index (χ0v) is 11.5. The molecule has 1 aromatic rings. The summed E-state index contributed by atoms with van der Waals surface area (Å²) in [5, 5.41) is 0.656. The third-order valence-electron chi connectivity index (χ3n) is 3.73. The van der Waals surface area contributed by atoms with Crippen LogP contribution in [0, 0.1) is 0 Å². The maximum absolute atomic E-state index is 6.42. The molecular formula is C14H20ClNO. The van der Waals surface area contributed by atoms with E-state index in [9.17, 15) is 0 Å². The lowest BCUT2D eigenvalue weighted by molar-refractivity contribution is 0.251. The largest absolute Gasteiger partial charge is 0.495 e. The van der Waals surface area contributed by atoms with E-state index in [2.05, 4.69) is 13.8 Å². The second-order valence-corrected chi connectivity index (χ2v) is 5.65. The molecule has 2 N–H and O–H groups in total. The summed E-state index contributed by atoms with van der Waals surface area (Å²) >= 11 is 6.21. The number of hydrogen-bond donors (Lipinski definition) is 1. The maximum atomic E-state index is 6.42. The number of nitrogens with two attached hydrogens (primary N) is 1. The van der Waals surface area contributed by atoms with Gasteiger partial charge in [-0.25, -0.2) is 0 Å². The highest BCUT2D eigenvalue weighted by Gasteiger charge is 2.37. The molecule has 94 valence electrons. The van der Waals surface area contributed by atoms with Gasteiger partial charge in [-0.3, -0.25) is 0 Å². The first kappa shape index (κ1) is 12.7. The molecule has 1 saturated carbocycles. The number of methoxy groups -OCH3 is 1. The van der Waals surface area contributed by atoms with Crippen LogP contribution in [0.25, 0.3) is 0 Å². The topological polar surface area (TPSA) is 35.2 Å². The Bertz CT molecular complexity index is 424. The predicted molar refractivity (Wildman–Crippen MR) is 71.8 cm³/mol. The van der Waals surface area contributed by atoms with Crippen molar-refractivity contribution in [2.24, 2.45) is 5.73 Å². The lowest BCUT2D eigenvalue weighted by Gasteiger charge is -2.40. The molecule has 17 heavy (non-hydrogen) atoms. The van der Waals surface area contributed by atoms with E-state index in [0.717, 1.165) is 18.6 Å². The van der Waals surface area contributed by atoms with E-state index in [1.54, 1.807) is 7.11 Å². The molecule has 0 unspecified atom stereocenters. The molecule has 1 aliphatic carbocycles. The van der Waals surface area contributed by atoms with Gasteiger partial charge in [0.25, 0.3) is 0 Å². The Morgan fingerprint density at radius 1 is 1.35 bits per heavy atom. The Morgan fingerprint density at radius 2 is 2.00 bits per heavy atom. The van der Waals surface area contributed by atoms with E-state index in [4.69, 9.17) is 22.1 Å². The molecule has 1 fully saturated rings. The van der Waals surface area contributed by atoms with Gasteiger partial charge >= 0.3 is 0 Å². The molecular weight excluding hydrogens is 234 g/mol. The van der Waals surface area contributed by atoms with Crippen molar-refractivity contribution in [3.63, 3.8) is 0 Å².